The topological polar surface area (TPSA) is 87.5 Å². The third-order valence-electron chi connectivity index (χ3n) is 3.99. The van der Waals surface area contributed by atoms with Crippen molar-refractivity contribution in [2.45, 2.75) is 6.42 Å². The molecule has 6 nitrogen and oxygen atoms in total. The van der Waals surface area contributed by atoms with Gasteiger partial charge in [0.15, 0.2) is 0 Å². The number of amides is 3. The summed E-state index contributed by atoms with van der Waals surface area (Å²) in [5, 5.41) is 5.24. The van der Waals surface area contributed by atoms with Crippen LogP contribution in [0.3, 0.4) is 0 Å². The first-order valence-corrected chi connectivity index (χ1v) is 7.48. The summed E-state index contributed by atoms with van der Waals surface area (Å²) in [5.74, 6) is -0.694. The molecule has 0 aliphatic carbocycles. The fraction of sp³-hybridized carbons (Fsp3) is 0.176. The van der Waals surface area contributed by atoms with Crippen LogP contribution in [0.15, 0.2) is 36.4 Å². The van der Waals surface area contributed by atoms with E-state index in [1.807, 2.05) is 0 Å². The number of nitrogens with one attached hydrogen (secondary N) is 2. The summed E-state index contributed by atoms with van der Waals surface area (Å²) < 4.78 is 14.0. The van der Waals surface area contributed by atoms with Crippen LogP contribution in [0.25, 0.3) is 0 Å². The van der Waals surface area contributed by atoms with Gasteiger partial charge in [-0.05, 0) is 48.4 Å². The molecule has 7 heteroatoms. The van der Waals surface area contributed by atoms with Gasteiger partial charge in [0.25, 0.3) is 5.91 Å². The molecule has 0 fully saturated rings. The minimum atomic E-state index is -0.651. The van der Waals surface area contributed by atoms with Crippen molar-refractivity contribution < 1.29 is 14.0 Å². The monoisotopic (exact) mass is 328 g/mol. The third-order valence-corrected chi connectivity index (χ3v) is 3.99. The molecule has 0 radical (unpaired) electrons. The number of rotatable bonds is 3. The molecular formula is C17H17FN4O2. The van der Waals surface area contributed by atoms with Crippen LogP contribution >= 0.6 is 0 Å². The standard InChI is InChI=1S/C17H17FN4O2/c1-20-15-8-10-6-7-22(16(23)13(10)9-14(15)18)12-4-2-11(3-5-12)21-17(19)24/h2-5,8-9,20H,6-7H2,1H3,(H3,19,21,24). The average molecular weight is 328 g/mol. The zero-order valence-electron chi connectivity index (χ0n) is 13.1. The molecule has 0 atom stereocenters. The Kier molecular flexibility index (Phi) is 4.07. The molecule has 0 spiro atoms. The molecule has 1 heterocycles. The number of nitrogens with zero attached hydrogens (tertiary/aromatic N) is 1. The zero-order valence-corrected chi connectivity index (χ0v) is 13.1. The van der Waals surface area contributed by atoms with Crippen molar-refractivity contribution in [3.05, 3.63) is 53.3 Å². The summed E-state index contributed by atoms with van der Waals surface area (Å²) in [6.45, 7) is 0.503. The van der Waals surface area contributed by atoms with E-state index in [1.54, 1.807) is 42.3 Å². The van der Waals surface area contributed by atoms with Crippen LogP contribution in [0, 0.1) is 5.82 Å². The molecule has 2 aromatic rings. The molecule has 2 aromatic carbocycles. The second-order valence-electron chi connectivity index (χ2n) is 5.48. The predicted molar refractivity (Wildman–Crippen MR) is 91.0 cm³/mol. The van der Waals surface area contributed by atoms with Crippen LogP contribution in [-0.2, 0) is 6.42 Å². The summed E-state index contributed by atoms with van der Waals surface area (Å²) >= 11 is 0. The Balaban J connectivity index is 1.88. The number of primary amides is 1. The van der Waals surface area contributed by atoms with Crippen LogP contribution in [0.4, 0.5) is 26.2 Å². The summed E-state index contributed by atoms with van der Waals surface area (Å²) in [6.07, 6.45) is 0.636. The van der Waals surface area contributed by atoms with Crippen LogP contribution in [0.2, 0.25) is 0 Å². The van der Waals surface area contributed by atoms with Crippen molar-refractivity contribution in [3.8, 4) is 0 Å². The lowest BCUT2D eigenvalue weighted by Crippen LogP contribution is -2.37. The number of nitrogens with two attached hydrogens (primary N) is 1. The van der Waals surface area contributed by atoms with Gasteiger partial charge in [0.05, 0.1) is 5.69 Å². The Morgan fingerprint density at radius 2 is 1.96 bits per heavy atom. The smallest absolute Gasteiger partial charge is 0.316 e. The molecule has 24 heavy (non-hydrogen) atoms. The molecule has 0 bridgehead atoms. The lowest BCUT2D eigenvalue weighted by atomic mass is 9.97. The number of hydrogen-bond acceptors (Lipinski definition) is 3. The molecule has 3 rings (SSSR count). The van der Waals surface area contributed by atoms with Gasteiger partial charge in [0.1, 0.15) is 5.82 Å². The van der Waals surface area contributed by atoms with Gasteiger partial charge < -0.3 is 21.3 Å². The maximum Gasteiger partial charge on any atom is 0.316 e. The van der Waals surface area contributed by atoms with Gasteiger partial charge in [-0.1, -0.05) is 0 Å². The molecule has 1 aliphatic heterocycles. The van der Waals surface area contributed by atoms with Crippen molar-refractivity contribution in [2.75, 3.05) is 29.1 Å². The molecule has 4 N–H and O–H groups in total. The fourth-order valence-electron chi connectivity index (χ4n) is 2.81. The highest BCUT2D eigenvalue weighted by molar-refractivity contribution is 6.08. The molecule has 3 amide bonds. The van der Waals surface area contributed by atoms with Gasteiger partial charge >= 0.3 is 6.03 Å². The van der Waals surface area contributed by atoms with Crippen molar-refractivity contribution in [3.63, 3.8) is 0 Å². The maximum absolute atomic E-state index is 14.0. The van der Waals surface area contributed by atoms with E-state index in [0.717, 1.165) is 5.56 Å². The molecule has 0 saturated carbocycles. The number of carbonyl (C=O) groups is 2. The highest BCUT2D eigenvalue weighted by Crippen LogP contribution is 2.29. The van der Waals surface area contributed by atoms with E-state index in [0.29, 0.717) is 35.6 Å². The van der Waals surface area contributed by atoms with Gasteiger partial charge in [0, 0.05) is 30.5 Å². The quantitative estimate of drug-likeness (QED) is 0.809. The molecular weight excluding hydrogens is 311 g/mol. The van der Waals surface area contributed by atoms with Crippen LogP contribution in [0.1, 0.15) is 15.9 Å². The first-order chi connectivity index (χ1) is 11.5. The van der Waals surface area contributed by atoms with E-state index in [2.05, 4.69) is 10.6 Å². The first-order valence-electron chi connectivity index (χ1n) is 7.48. The first kappa shape index (κ1) is 15.8. The van der Waals surface area contributed by atoms with E-state index >= 15 is 0 Å². The maximum atomic E-state index is 14.0. The van der Waals surface area contributed by atoms with Gasteiger partial charge in [0.2, 0.25) is 0 Å². The van der Waals surface area contributed by atoms with E-state index in [1.165, 1.54) is 6.07 Å². The Morgan fingerprint density at radius 3 is 2.58 bits per heavy atom. The lowest BCUT2D eigenvalue weighted by molar-refractivity contribution is 0.0980. The second-order valence-corrected chi connectivity index (χ2v) is 5.48. The number of hydrogen-bond donors (Lipinski definition) is 3. The summed E-state index contributed by atoms with van der Waals surface area (Å²) in [7, 11) is 1.64. The molecule has 0 aromatic heterocycles. The Bertz CT molecular complexity index is 805. The van der Waals surface area contributed by atoms with E-state index < -0.39 is 11.8 Å². The largest absolute Gasteiger partial charge is 0.386 e. The Labute approximate surface area is 138 Å². The Hall–Kier alpha value is -3.09. The third kappa shape index (κ3) is 2.88. The van der Waals surface area contributed by atoms with Crippen molar-refractivity contribution in [1.29, 1.82) is 0 Å². The predicted octanol–water partition coefficient (Wildman–Crippen LogP) is 2.56. The van der Waals surface area contributed by atoms with Crippen LogP contribution < -0.4 is 21.3 Å². The highest BCUT2D eigenvalue weighted by Gasteiger charge is 2.27. The Morgan fingerprint density at radius 1 is 1.25 bits per heavy atom. The number of anilines is 3. The van der Waals surface area contributed by atoms with Gasteiger partial charge in [-0.2, -0.15) is 0 Å². The van der Waals surface area contributed by atoms with Crippen molar-refractivity contribution >= 4 is 29.0 Å². The zero-order chi connectivity index (χ0) is 17.3. The number of halogens is 1. The minimum Gasteiger partial charge on any atom is -0.386 e. The van der Waals surface area contributed by atoms with Gasteiger partial charge in [-0.25, -0.2) is 9.18 Å². The van der Waals surface area contributed by atoms with E-state index in [9.17, 15) is 14.0 Å². The number of benzene rings is 2. The lowest BCUT2D eigenvalue weighted by Gasteiger charge is -2.29. The summed E-state index contributed by atoms with van der Waals surface area (Å²) in [4.78, 5) is 25.1. The highest BCUT2D eigenvalue weighted by atomic mass is 19.1. The number of carbonyl (C=O) groups excluding carboxylic acids is 2. The SMILES string of the molecule is CNc1cc2c(cc1F)C(=O)N(c1ccc(NC(N)=O)cc1)CC2. The van der Waals surface area contributed by atoms with Crippen molar-refractivity contribution in [2.24, 2.45) is 5.73 Å². The molecule has 0 saturated heterocycles. The fourth-order valence-corrected chi connectivity index (χ4v) is 2.81. The van der Waals surface area contributed by atoms with Gasteiger partial charge in [-0.3, -0.25) is 4.79 Å². The number of fused-ring (bicyclic) bond motifs is 1. The van der Waals surface area contributed by atoms with Crippen molar-refractivity contribution in [1.82, 2.24) is 0 Å². The number of urea groups is 1. The average Bonchev–Trinajstić information content (AvgIpc) is 2.56. The van der Waals surface area contributed by atoms with Crippen LogP contribution in [0.5, 0.6) is 0 Å². The van der Waals surface area contributed by atoms with E-state index in [4.69, 9.17) is 5.73 Å². The normalized spacial score (nSPS) is 13.4. The molecule has 0 unspecified atom stereocenters. The molecule has 1 aliphatic rings. The summed E-state index contributed by atoms with van der Waals surface area (Å²) in [5.41, 5.74) is 7.87. The second kappa shape index (κ2) is 6.19. The molecule has 124 valence electrons. The van der Waals surface area contributed by atoms with Gasteiger partial charge in [-0.15, -0.1) is 0 Å². The summed E-state index contributed by atoms with van der Waals surface area (Å²) in [6, 6.07) is 9.06. The van der Waals surface area contributed by atoms with E-state index in [-0.39, 0.29) is 5.91 Å². The van der Waals surface area contributed by atoms with Crippen LogP contribution in [-0.4, -0.2) is 25.5 Å². The minimum absolute atomic E-state index is 0.242.